The van der Waals surface area contributed by atoms with Crippen molar-refractivity contribution < 1.29 is 4.74 Å². The van der Waals surface area contributed by atoms with Crippen LogP contribution < -0.4 is 5.32 Å². The maximum absolute atomic E-state index is 5.79. The van der Waals surface area contributed by atoms with Gasteiger partial charge in [-0.2, -0.15) is 0 Å². The number of halogens is 1. The number of nitrogens with one attached hydrogen (secondary N) is 1. The fourth-order valence-corrected chi connectivity index (χ4v) is 1.85. The van der Waals surface area contributed by atoms with E-state index in [1.54, 1.807) is 0 Å². The van der Waals surface area contributed by atoms with E-state index in [0.717, 1.165) is 19.1 Å². The highest BCUT2D eigenvalue weighted by atomic mass is 35.5. The lowest BCUT2D eigenvalue weighted by Crippen LogP contribution is -2.52. The molecule has 1 saturated heterocycles. The molecule has 0 bridgehead atoms. The van der Waals surface area contributed by atoms with Crippen LogP contribution >= 0.6 is 12.4 Å². The van der Waals surface area contributed by atoms with Crippen molar-refractivity contribution in [2.75, 3.05) is 13.2 Å². The zero-order valence-electron chi connectivity index (χ0n) is 8.51. The molecule has 1 saturated carbocycles. The molecular weight excluding hydrogens is 186 g/mol. The highest BCUT2D eigenvalue weighted by Crippen LogP contribution is 2.33. The van der Waals surface area contributed by atoms with Crippen molar-refractivity contribution in [2.24, 2.45) is 11.3 Å². The van der Waals surface area contributed by atoms with Crippen molar-refractivity contribution in [2.45, 2.75) is 39.3 Å². The minimum Gasteiger partial charge on any atom is -0.362 e. The first-order chi connectivity index (χ1) is 5.67. The van der Waals surface area contributed by atoms with Gasteiger partial charge in [0.1, 0.15) is 6.23 Å². The number of ether oxygens (including phenoxy) is 1. The first-order valence-corrected chi connectivity index (χ1v) is 5.02. The summed E-state index contributed by atoms with van der Waals surface area (Å²) in [6.07, 6.45) is 4.48. The smallest absolute Gasteiger partial charge is 0.111 e. The molecule has 0 amide bonds. The Labute approximate surface area is 86.8 Å². The van der Waals surface area contributed by atoms with Crippen LogP contribution in [0.25, 0.3) is 0 Å². The van der Waals surface area contributed by atoms with Gasteiger partial charge in [-0.1, -0.05) is 20.3 Å². The summed E-state index contributed by atoms with van der Waals surface area (Å²) in [5.74, 6) is 0.807. The Balaban J connectivity index is 0.000000845. The first-order valence-electron chi connectivity index (χ1n) is 5.02. The van der Waals surface area contributed by atoms with Crippen LogP contribution in [0.5, 0.6) is 0 Å². The Morgan fingerprint density at radius 3 is 2.38 bits per heavy atom. The van der Waals surface area contributed by atoms with E-state index in [2.05, 4.69) is 19.2 Å². The van der Waals surface area contributed by atoms with Gasteiger partial charge in [0.2, 0.25) is 0 Å². The summed E-state index contributed by atoms with van der Waals surface area (Å²) in [6, 6.07) is 0. The van der Waals surface area contributed by atoms with Crippen LogP contribution in [-0.2, 0) is 4.74 Å². The van der Waals surface area contributed by atoms with Crippen molar-refractivity contribution >= 4 is 12.4 Å². The fraction of sp³-hybridized carbons (Fsp3) is 1.00. The molecule has 1 heterocycles. The largest absolute Gasteiger partial charge is 0.362 e. The minimum atomic E-state index is 0. The standard InChI is InChI=1S/C10H19NO.ClH/c1-10(2)6-11-9(12-7-10)8-4-3-5-8;/h8-9,11H,3-7H2,1-2H3;1H. The van der Waals surface area contributed by atoms with E-state index >= 15 is 0 Å². The van der Waals surface area contributed by atoms with Crippen LogP contribution in [0.4, 0.5) is 0 Å². The first kappa shape index (κ1) is 11.3. The molecule has 2 nitrogen and oxygen atoms in total. The molecule has 1 N–H and O–H groups in total. The minimum absolute atomic E-state index is 0. The van der Waals surface area contributed by atoms with E-state index in [1.165, 1.54) is 19.3 Å². The Kier molecular flexibility index (Phi) is 3.61. The summed E-state index contributed by atoms with van der Waals surface area (Å²) in [4.78, 5) is 0. The van der Waals surface area contributed by atoms with Gasteiger partial charge in [0.15, 0.2) is 0 Å². The molecule has 2 rings (SSSR count). The summed E-state index contributed by atoms with van der Waals surface area (Å²) in [5, 5.41) is 3.49. The van der Waals surface area contributed by atoms with E-state index in [1.807, 2.05) is 0 Å². The summed E-state index contributed by atoms with van der Waals surface area (Å²) in [6.45, 7) is 6.52. The third-order valence-electron chi connectivity index (χ3n) is 3.01. The second-order valence-corrected chi connectivity index (χ2v) is 4.97. The summed E-state index contributed by atoms with van der Waals surface area (Å²) in [7, 11) is 0. The van der Waals surface area contributed by atoms with Crippen LogP contribution in [0.3, 0.4) is 0 Å². The van der Waals surface area contributed by atoms with Crippen molar-refractivity contribution in [3.8, 4) is 0 Å². The quantitative estimate of drug-likeness (QED) is 0.709. The molecule has 2 fully saturated rings. The monoisotopic (exact) mass is 205 g/mol. The highest BCUT2D eigenvalue weighted by molar-refractivity contribution is 5.85. The van der Waals surface area contributed by atoms with Gasteiger partial charge in [-0.15, -0.1) is 12.4 Å². The van der Waals surface area contributed by atoms with Crippen LogP contribution in [-0.4, -0.2) is 19.4 Å². The van der Waals surface area contributed by atoms with E-state index in [-0.39, 0.29) is 12.4 Å². The average Bonchev–Trinajstić information content (AvgIpc) is 1.89. The molecule has 3 heteroatoms. The molecule has 1 aliphatic carbocycles. The van der Waals surface area contributed by atoms with Crippen molar-refractivity contribution in [1.29, 1.82) is 0 Å². The van der Waals surface area contributed by atoms with E-state index in [9.17, 15) is 0 Å². The topological polar surface area (TPSA) is 21.3 Å². The molecule has 78 valence electrons. The average molecular weight is 206 g/mol. The molecule has 1 unspecified atom stereocenters. The van der Waals surface area contributed by atoms with Gasteiger partial charge in [0, 0.05) is 12.0 Å². The lowest BCUT2D eigenvalue weighted by molar-refractivity contribution is -0.0999. The highest BCUT2D eigenvalue weighted by Gasteiger charge is 2.34. The fourth-order valence-electron chi connectivity index (χ4n) is 1.85. The molecule has 0 radical (unpaired) electrons. The zero-order valence-corrected chi connectivity index (χ0v) is 9.32. The Morgan fingerprint density at radius 1 is 1.31 bits per heavy atom. The van der Waals surface area contributed by atoms with Crippen LogP contribution in [0, 0.1) is 11.3 Å². The predicted octanol–water partition coefficient (Wildman–Crippen LogP) is 2.18. The Bertz CT molecular complexity index is 158. The zero-order chi connectivity index (χ0) is 8.60. The Hall–Kier alpha value is 0.210. The van der Waals surface area contributed by atoms with Gasteiger partial charge in [0.25, 0.3) is 0 Å². The lowest BCUT2D eigenvalue weighted by Gasteiger charge is -2.41. The van der Waals surface area contributed by atoms with Crippen LogP contribution in [0.2, 0.25) is 0 Å². The van der Waals surface area contributed by atoms with Crippen LogP contribution in [0.15, 0.2) is 0 Å². The second-order valence-electron chi connectivity index (χ2n) is 4.97. The van der Waals surface area contributed by atoms with E-state index in [4.69, 9.17) is 4.74 Å². The molecule has 1 aliphatic heterocycles. The molecule has 0 spiro atoms. The van der Waals surface area contributed by atoms with Gasteiger partial charge in [-0.25, -0.2) is 0 Å². The van der Waals surface area contributed by atoms with Crippen molar-refractivity contribution in [1.82, 2.24) is 5.32 Å². The van der Waals surface area contributed by atoms with Crippen LogP contribution in [0.1, 0.15) is 33.1 Å². The predicted molar refractivity (Wildman–Crippen MR) is 56.1 cm³/mol. The molecular formula is C10H20ClNO. The number of hydrogen-bond acceptors (Lipinski definition) is 2. The third kappa shape index (κ3) is 2.58. The molecule has 13 heavy (non-hydrogen) atoms. The molecule has 2 aliphatic rings. The second kappa shape index (κ2) is 4.16. The third-order valence-corrected chi connectivity index (χ3v) is 3.01. The lowest BCUT2D eigenvalue weighted by atomic mass is 9.82. The summed E-state index contributed by atoms with van der Waals surface area (Å²) < 4.78 is 5.79. The van der Waals surface area contributed by atoms with E-state index < -0.39 is 0 Å². The normalized spacial score (nSPS) is 33.2. The summed E-state index contributed by atoms with van der Waals surface area (Å²) >= 11 is 0. The number of rotatable bonds is 1. The Morgan fingerprint density at radius 2 is 2.00 bits per heavy atom. The molecule has 0 aromatic heterocycles. The summed E-state index contributed by atoms with van der Waals surface area (Å²) in [5.41, 5.74) is 0.334. The maximum atomic E-state index is 5.79. The van der Waals surface area contributed by atoms with Gasteiger partial charge >= 0.3 is 0 Å². The van der Waals surface area contributed by atoms with Crippen molar-refractivity contribution in [3.05, 3.63) is 0 Å². The van der Waals surface area contributed by atoms with Gasteiger partial charge < -0.3 is 4.74 Å². The maximum Gasteiger partial charge on any atom is 0.111 e. The SMILES string of the molecule is CC1(C)CNC(C2CCC2)OC1.Cl. The van der Waals surface area contributed by atoms with Gasteiger partial charge in [-0.3, -0.25) is 5.32 Å². The van der Waals surface area contributed by atoms with Gasteiger partial charge in [0.05, 0.1) is 6.61 Å². The number of hydrogen-bond donors (Lipinski definition) is 1. The molecule has 0 aromatic carbocycles. The molecule has 0 aromatic rings. The van der Waals surface area contributed by atoms with E-state index in [0.29, 0.717) is 11.6 Å². The van der Waals surface area contributed by atoms with Crippen molar-refractivity contribution in [3.63, 3.8) is 0 Å². The molecule has 1 atom stereocenters. The van der Waals surface area contributed by atoms with Gasteiger partial charge in [-0.05, 0) is 18.8 Å².